The fraction of sp³-hybridized carbons (Fsp3) is 0.333. The van der Waals surface area contributed by atoms with Crippen LogP contribution in [0.1, 0.15) is 6.92 Å². The third-order valence-corrected chi connectivity index (χ3v) is 1.82. The van der Waals surface area contributed by atoms with Crippen molar-refractivity contribution in [1.82, 2.24) is 0 Å². The van der Waals surface area contributed by atoms with Crippen LogP contribution in [0.5, 0.6) is 5.75 Å². The van der Waals surface area contributed by atoms with Crippen LogP contribution in [0.15, 0.2) is 28.7 Å². The van der Waals surface area contributed by atoms with Gasteiger partial charge in [-0.1, -0.05) is 15.9 Å². The van der Waals surface area contributed by atoms with E-state index in [1.54, 1.807) is 12.1 Å². The Morgan fingerprint density at radius 1 is 1.42 bits per heavy atom. The van der Waals surface area contributed by atoms with Crippen molar-refractivity contribution in [2.45, 2.75) is 13.1 Å². The molecular formula is C9H10BrFO. The third kappa shape index (κ3) is 3.22. The summed E-state index contributed by atoms with van der Waals surface area (Å²) in [6, 6.07) is 7.31. The maximum atomic E-state index is 12.3. The largest absolute Gasteiger partial charge is 0.491 e. The summed E-state index contributed by atoms with van der Waals surface area (Å²) in [4.78, 5) is 0. The minimum Gasteiger partial charge on any atom is -0.491 e. The minimum absolute atomic E-state index is 0.113. The summed E-state index contributed by atoms with van der Waals surface area (Å²) in [5, 5.41) is 0. The molecule has 0 radical (unpaired) electrons. The van der Waals surface area contributed by atoms with E-state index in [9.17, 15) is 4.39 Å². The van der Waals surface area contributed by atoms with Crippen LogP contribution in [0.3, 0.4) is 0 Å². The fourth-order valence-electron chi connectivity index (χ4n) is 0.742. The molecule has 0 amide bonds. The predicted molar refractivity (Wildman–Crippen MR) is 50.2 cm³/mol. The summed E-state index contributed by atoms with van der Waals surface area (Å²) in [5.41, 5.74) is 0. The molecule has 12 heavy (non-hydrogen) atoms. The Kier molecular flexibility index (Phi) is 3.53. The van der Waals surface area contributed by atoms with E-state index >= 15 is 0 Å². The van der Waals surface area contributed by atoms with Crippen molar-refractivity contribution in [3.63, 3.8) is 0 Å². The van der Waals surface area contributed by atoms with Crippen LogP contribution in [0.25, 0.3) is 0 Å². The lowest BCUT2D eigenvalue weighted by molar-refractivity contribution is 0.210. The van der Waals surface area contributed by atoms with E-state index in [1.165, 1.54) is 6.92 Å². The highest BCUT2D eigenvalue weighted by Gasteiger charge is 1.98. The van der Waals surface area contributed by atoms with Crippen molar-refractivity contribution in [3.8, 4) is 5.75 Å². The summed E-state index contributed by atoms with van der Waals surface area (Å²) < 4.78 is 18.4. The average molecular weight is 233 g/mol. The molecule has 0 unspecified atom stereocenters. The third-order valence-electron chi connectivity index (χ3n) is 1.29. The molecule has 1 nitrogen and oxygen atoms in total. The first kappa shape index (κ1) is 9.52. The van der Waals surface area contributed by atoms with Crippen LogP contribution in [-0.2, 0) is 0 Å². The lowest BCUT2D eigenvalue weighted by Crippen LogP contribution is -2.07. The van der Waals surface area contributed by atoms with Crippen molar-refractivity contribution in [3.05, 3.63) is 28.7 Å². The quantitative estimate of drug-likeness (QED) is 0.778. The van der Waals surface area contributed by atoms with Crippen LogP contribution in [0.2, 0.25) is 0 Å². The first-order valence-electron chi connectivity index (χ1n) is 3.71. The Balaban J connectivity index is 2.48. The number of alkyl halides is 1. The van der Waals surface area contributed by atoms with Gasteiger partial charge in [-0.2, -0.15) is 0 Å². The second-order valence-corrected chi connectivity index (χ2v) is 3.46. The van der Waals surface area contributed by atoms with Gasteiger partial charge < -0.3 is 4.74 Å². The van der Waals surface area contributed by atoms with Crippen LogP contribution >= 0.6 is 15.9 Å². The SMILES string of the molecule is C[C@H](F)COc1ccc(Br)cc1. The van der Waals surface area contributed by atoms with Crippen molar-refractivity contribution in [1.29, 1.82) is 0 Å². The van der Waals surface area contributed by atoms with Gasteiger partial charge in [0.25, 0.3) is 0 Å². The molecule has 66 valence electrons. The Hall–Kier alpha value is -0.570. The molecule has 0 heterocycles. The lowest BCUT2D eigenvalue weighted by Gasteiger charge is -2.05. The molecule has 0 aliphatic rings. The zero-order valence-corrected chi connectivity index (χ0v) is 8.34. The van der Waals surface area contributed by atoms with E-state index in [4.69, 9.17) is 4.74 Å². The summed E-state index contributed by atoms with van der Waals surface area (Å²) >= 11 is 3.30. The van der Waals surface area contributed by atoms with Gasteiger partial charge in [-0.15, -0.1) is 0 Å². The molecule has 1 aromatic carbocycles. The highest BCUT2D eigenvalue weighted by Crippen LogP contribution is 2.16. The molecule has 0 saturated heterocycles. The minimum atomic E-state index is -0.923. The number of benzene rings is 1. The summed E-state index contributed by atoms with van der Waals surface area (Å²) in [6.07, 6.45) is -0.923. The van der Waals surface area contributed by atoms with E-state index in [0.717, 1.165) is 4.47 Å². The zero-order valence-electron chi connectivity index (χ0n) is 6.76. The molecule has 0 fully saturated rings. The van der Waals surface area contributed by atoms with E-state index in [1.807, 2.05) is 12.1 Å². The highest BCUT2D eigenvalue weighted by molar-refractivity contribution is 9.10. The smallest absolute Gasteiger partial charge is 0.131 e. The molecule has 1 atom stereocenters. The highest BCUT2D eigenvalue weighted by atomic mass is 79.9. The van der Waals surface area contributed by atoms with Gasteiger partial charge in [0.05, 0.1) is 0 Å². The Morgan fingerprint density at radius 2 is 2.00 bits per heavy atom. The van der Waals surface area contributed by atoms with Gasteiger partial charge in [-0.3, -0.25) is 0 Å². The van der Waals surface area contributed by atoms with Gasteiger partial charge in [-0.25, -0.2) is 4.39 Å². The maximum Gasteiger partial charge on any atom is 0.131 e. The average Bonchev–Trinajstić information content (AvgIpc) is 2.03. The Bertz CT molecular complexity index is 233. The molecule has 0 aromatic heterocycles. The van der Waals surface area contributed by atoms with E-state index < -0.39 is 6.17 Å². The number of ether oxygens (including phenoxy) is 1. The van der Waals surface area contributed by atoms with Gasteiger partial charge in [-0.05, 0) is 31.2 Å². The summed E-state index contributed by atoms with van der Waals surface area (Å²) in [6.45, 7) is 1.58. The molecule has 0 saturated carbocycles. The second kappa shape index (κ2) is 4.45. The standard InChI is InChI=1S/C9H10BrFO/c1-7(11)6-12-9-4-2-8(10)3-5-9/h2-5,7H,6H2,1H3/t7-/m0/s1. The molecule has 0 aliphatic heterocycles. The summed E-state index contributed by atoms with van der Waals surface area (Å²) in [7, 11) is 0. The molecule has 1 aromatic rings. The fourth-order valence-corrected chi connectivity index (χ4v) is 1.01. The number of hydrogen-bond acceptors (Lipinski definition) is 1. The van der Waals surface area contributed by atoms with Gasteiger partial charge in [0.2, 0.25) is 0 Å². The molecule has 3 heteroatoms. The van der Waals surface area contributed by atoms with Crippen molar-refractivity contribution < 1.29 is 9.13 Å². The molecule has 0 bridgehead atoms. The number of hydrogen-bond donors (Lipinski definition) is 0. The van der Waals surface area contributed by atoms with Crippen molar-refractivity contribution in [2.24, 2.45) is 0 Å². The van der Waals surface area contributed by atoms with E-state index in [-0.39, 0.29) is 6.61 Å². The second-order valence-electron chi connectivity index (χ2n) is 2.55. The molecular weight excluding hydrogens is 223 g/mol. The monoisotopic (exact) mass is 232 g/mol. The van der Waals surface area contributed by atoms with Gasteiger partial charge in [0.15, 0.2) is 0 Å². The van der Waals surface area contributed by atoms with Crippen LogP contribution < -0.4 is 4.74 Å². The maximum absolute atomic E-state index is 12.3. The van der Waals surface area contributed by atoms with Gasteiger partial charge >= 0.3 is 0 Å². The lowest BCUT2D eigenvalue weighted by atomic mass is 10.3. The molecule has 0 spiro atoms. The molecule has 0 aliphatic carbocycles. The first-order chi connectivity index (χ1) is 5.68. The van der Waals surface area contributed by atoms with Crippen molar-refractivity contribution in [2.75, 3.05) is 6.61 Å². The van der Waals surface area contributed by atoms with Gasteiger partial charge in [0.1, 0.15) is 18.5 Å². The topological polar surface area (TPSA) is 9.23 Å². The Labute approximate surface area is 79.7 Å². The molecule has 0 N–H and O–H groups in total. The van der Waals surface area contributed by atoms with E-state index in [2.05, 4.69) is 15.9 Å². The van der Waals surface area contributed by atoms with Crippen LogP contribution in [-0.4, -0.2) is 12.8 Å². The van der Waals surface area contributed by atoms with Crippen LogP contribution in [0.4, 0.5) is 4.39 Å². The van der Waals surface area contributed by atoms with Crippen LogP contribution in [0, 0.1) is 0 Å². The van der Waals surface area contributed by atoms with E-state index in [0.29, 0.717) is 5.75 Å². The zero-order chi connectivity index (χ0) is 8.97. The summed E-state index contributed by atoms with van der Waals surface area (Å²) in [5.74, 6) is 0.697. The van der Waals surface area contributed by atoms with Crippen molar-refractivity contribution >= 4 is 15.9 Å². The Morgan fingerprint density at radius 3 is 2.50 bits per heavy atom. The van der Waals surface area contributed by atoms with Gasteiger partial charge in [0, 0.05) is 4.47 Å². The normalized spacial score (nSPS) is 12.6. The first-order valence-corrected chi connectivity index (χ1v) is 4.50. The molecule has 1 rings (SSSR count). The predicted octanol–water partition coefficient (Wildman–Crippen LogP) is 3.19. The number of rotatable bonds is 3. The number of halogens is 2.